The second kappa shape index (κ2) is 7.99. The number of benzene rings is 1. The molecular formula is C17H19Cl2N5O. The molecule has 2 aromatic rings. The summed E-state index contributed by atoms with van der Waals surface area (Å²) in [4.78, 5) is 25.3. The molecule has 1 aromatic heterocycles. The van der Waals surface area contributed by atoms with Crippen molar-refractivity contribution in [1.82, 2.24) is 14.9 Å². The zero-order valence-electron chi connectivity index (χ0n) is 13.8. The standard InChI is InChI=1S/C17H19Cl2N5O/c1-12(17(25)22-15-10-13(18)2-3-14(15)19)23-6-8-24(9-7-23)16-11-20-4-5-21-16/h2-5,10-12H,6-9H2,1H3,(H,22,25). The quantitative estimate of drug-likeness (QED) is 0.884. The van der Waals surface area contributed by atoms with Crippen molar-refractivity contribution in [3.05, 3.63) is 46.8 Å². The van der Waals surface area contributed by atoms with Crippen LogP contribution in [0.25, 0.3) is 0 Å². The van der Waals surface area contributed by atoms with E-state index in [1.165, 1.54) is 0 Å². The molecular weight excluding hydrogens is 361 g/mol. The predicted octanol–water partition coefficient (Wildman–Crippen LogP) is 2.93. The topological polar surface area (TPSA) is 61.4 Å². The molecule has 1 aliphatic heterocycles. The molecule has 8 heteroatoms. The highest BCUT2D eigenvalue weighted by molar-refractivity contribution is 6.35. The van der Waals surface area contributed by atoms with Gasteiger partial charge in [-0.15, -0.1) is 0 Å². The maximum absolute atomic E-state index is 12.5. The van der Waals surface area contributed by atoms with Crippen LogP contribution in [0.3, 0.4) is 0 Å². The van der Waals surface area contributed by atoms with Gasteiger partial charge in [0.05, 0.1) is 22.9 Å². The first-order valence-corrected chi connectivity index (χ1v) is 8.81. The Bertz CT molecular complexity index is 735. The minimum atomic E-state index is -0.265. The van der Waals surface area contributed by atoms with Crippen LogP contribution in [0.4, 0.5) is 11.5 Å². The lowest BCUT2D eigenvalue weighted by Crippen LogP contribution is -2.53. The average molecular weight is 380 g/mol. The van der Waals surface area contributed by atoms with Crippen molar-refractivity contribution in [3.63, 3.8) is 0 Å². The summed E-state index contributed by atoms with van der Waals surface area (Å²) in [7, 11) is 0. The molecule has 3 rings (SSSR count). The SMILES string of the molecule is CC(C(=O)Nc1cc(Cl)ccc1Cl)N1CCN(c2cnccn2)CC1. The van der Waals surface area contributed by atoms with E-state index < -0.39 is 0 Å². The maximum atomic E-state index is 12.5. The number of anilines is 2. The Balaban J connectivity index is 1.57. The lowest BCUT2D eigenvalue weighted by Gasteiger charge is -2.37. The molecule has 1 aliphatic rings. The molecule has 2 heterocycles. The molecule has 25 heavy (non-hydrogen) atoms. The summed E-state index contributed by atoms with van der Waals surface area (Å²) in [5, 5.41) is 3.86. The zero-order chi connectivity index (χ0) is 17.8. The highest BCUT2D eigenvalue weighted by atomic mass is 35.5. The third kappa shape index (κ3) is 4.39. The normalized spacial score (nSPS) is 16.5. The average Bonchev–Trinajstić information content (AvgIpc) is 2.65. The third-order valence-corrected chi connectivity index (χ3v) is 4.87. The van der Waals surface area contributed by atoms with Crippen LogP contribution in [0.2, 0.25) is 10.0 Å². The summed E-state index contributed by atoms with van der Waals surface area (Å²) in [6.45, 7) is 5.04. The number of carbonyl (C=O) groups excluding carboxylic acids is 1. The van der Waals surface area contributed by atoms with Gasteiger partial charge in [-0.3, -0.25) is 14.7 Å². The molecule has 1 unspecified atom stereocenters. The third-order valence-electron chi connectivity index (χ3n) is 4.30. The molecule has 0 spiro atoms. The van der Waals surface area contributed by atoms with Crippen LogP contribution in [0.1, 0.15) is 6.92 Å². The molecule has 0 aliphatic carbocycles. The zero-order valence-corrected chi connectivity index (χ0v) is 15.3. The van der Waals surface area contributed by atoms with Crippen molar-refractivity contribution in [2.45, 2.75) is 13.0 Å². The summed E-state index contributed by atoms with van der Waals surface area (Å²) in [5.74, 6) is 0.766. The predicted molar refractivity (Wildman–Crippen MR) is 100 cm³/mol. The summed E-state index contributed by atoms with van der Waals surface area (Å²) in [6, 6.07) is 4.75. The minimum Gasteiger partial charge on any atom is -0.353 e. The molecule has 0 bridgehead atoms. The fourth-order valence-electron chi connectivity index (χ4n) is 2.79. The summed E-state index contributed by atoms with van der Waals surface area (Å²) >= 11 is 12.1. The van der Waals surface area contributed by atoms with Crippen molar-refractivity contribution >= 4 is 40.6 Å². The number of hydrogen-bond acceptors (Lipinski definition) is 5. The number of nitrogens with one attached hydrogen (secondary N) is 1. The summed E-state index contributed by atoms with van der Waals surface area (Å²) < 4.78 is 0. The van der Waals surface area contributed by atoms with Crippen LogP contribution in [0, 0.1) is 0 Å². The largest absolute Gasteiger partial charge is 0.353 e. The Morgan fingerprint density at radius 1 is 1.20 bits per heavy atom. The van der Waals surface area contributed by atoms with Crippen LogP contribution in [-0.2, 0) is 4.79 Å². The van der Waals surface area contributed by atoms with Gasteiger partial charge in [0.25, 0.3) is 0 Å². The fourth-order valence-corrected chi connectivity index (χ4v) is 3.13. The Morgan fingerprint density at radius 3 is 2.64 bits per heavy atom. The molecule has 1 atom stereocenters. The van der Waals surface area contributed by atoms with Gasteiger partial charge in [0.1, 0.15) is 5.82 Å². The molecule has 1 fully saturated rings. The van der Waals surface area contributed by atoms with Crippen molar-refractivity contribution in [2.75, 3.05) is 36.4 Å². The Morgan fingerprint density at radius 2 is 1.96 bits per heavy atom. The Kier molecular flexibility index (Phi) is 5.73. The fraction of sp³-hybridized carbons (Fsp3) is 0.353. The highest BCUT2D eigenvalue weighted by Crippen LogP contribution is 2.26. The molecule has 0 saturated carbocycles. The number of piperazine rings is 1. The van der Waals surface area contributed by atoms with Crippen LogP contribution in [0.15, 0.2) is 36.8 Å². The van der Waals surface area contributed by atoms with Gasteiger partial charge in [0.15, 0.2) is 0 Å². The van der Waals surface area contributed by atoms with Gasteiger partial charge in [0, 0.05) is 43.6 Å². The van der Waals surface area contributed by atoms with Crippen LogP contribution in [-0.4, -0.2) is 53.0 Å². The van der Waals surface area contributed by atoms with Crippen molar-refractivity contribution < 1.29 is 4.79 Å². The smallest absolute Gasteiger partial charge is 0.241 e. The van der Waals surface area contributed by atoms with E-state index in [9.17, 15) is 4.79 Å². The second-order valence-corrected chi connectivity index (χ2v) is 6.72. The van der Waals surface area contributed by atoms with Crippen LogP contribution >= 0.6 is 23.2 Å². The van der Waals surface area contributed by atoms with E-state index in [1.54, 1.807) is 36.8 Å². The number of halogens is 2. The number of hydrogen-bond donors (Lipinski definition) is 1. The van der Waals surface area contributed by atoms with Crippen LogP contribution in [0.5, 0.6) is 0 Å². The molecule has 1 N–H and O–H groups in total. The maximum Gasteiger partial charge on any atom is 0.241 e. The molecule has 1 aromatic carbocycles. The number of nitrogens with zero attached hydrogens (tertiary/aromatic N) is 4. The number of amides is 1. The van der Waals surface area contributed by atoms with Crippen molar-refractivity contribution in [3.8, 4) is 0 Å². The molecule has 0 radical (unpaired) electrons. The van der Waals surface area contributed by atoms with Gasteiger partial charge in [-0.2, -0.15) is 0 Å². The number of rotatable bonds is 4. The van der Waals surface area contributed by atoms with E-state index >= 15 is 0 Å². The van der Waals surface area contributed by atoms with E-state index in [-0.39, 0.29) is 11.9 Å². The Labute approximate surface area is 156 Å². The van der Waals surface area contributed by atoms with E-state index in [1.807, 2.05) is 6.92 Å². The highest BCUT2D eigenvalue weighted by Gasteiger charge is 2.26. The van der Waals surface area contributed by atoms with E-state index in [0.29, 0.717) is 15.7 Å². The monoisotopic (exact) mass is 379 g/mol. The van der Waals surface area contributed by atoms with E-state index in [2.05, 4.69) is 25.1 Å². The van der Waals surface area contributed by atoms with Crippen molar-refractivity contribution in [2.24, 2.45) is 0 Å². The van der Waals surface area contributed by atoms with Gasteiger partial charge >= 0.3 is 0 Å². The molecule has 6 nitrogen and oxygen atoms in total. The number of aromatic nitrogens is 2. The molecule has 132 valence electrons. The van der Waals surface area contributed by atoms with Crippen molar-refractivity contribution in [1.29, 1.82) is 0 Å². The van der Waals surface area contributed by atoms with Crippen LogP contribution < -0.4 is 10.2 Å². The van der Waals surface area contributed by atoms with Gasteiger partial charge in [-0.1, -0.05) is 23.2 Å². The lowest BCUT2D eigenvalue weighted by atomic mass is 10.2. The Hall–Kier alpha value is -1.89. The van der Waals surface area contributed by atoms with Gasteiger partial charge in [0.2, 0.25) is 5.91 Å². The minimum absolute atomic E-state index is 0.0999. The van der Waals surface area contributed by atoms with E-state index in [4.69, 9.17) is 23.2 Å². The lowest BCUT2D eigenvalue weighted by molar-refractivity contribution is -0.120. The van der Waals surface area contributed by atoms with Gasteiger partial charge in [-0.05, 0) is 25.1 Å². The second-order valence-electron chi connectivity index (χ2n) is 5.88. The number of carbonyl (C=O) groups is 1. The summed E-state index contributed by atoms with van der Waals surface area (Å²) in [5.41, 5.74) is 0.532. The first-order chi connectivity index (χ1) is 12.0. The first kappa shape index (κ1) is 17.9. The van der Waals surface area contributed by atoms with Gasteiger partial charge in [-0.25, -0.2) is 4.98 Å². The molecule has 1 amide bonds. The van der Waals surface area contributed by atoms with Gasteiger partial charge < -0.3 is 10.2 Å². The summed E-state index contributed by atoms with van der Waals surface area (Å²) in [6.07, 6.45) is 5.10. The first-order valence-electron chi connectivity index (χ1n) is 8.05. The van der Waals surface area contributed by atoms with E-state index in [0.717, 1.165) is 32.0 Å². The molecule has 1 saturated heterocycles.